The van der Waals surface area contributed by atoms with E-state index in [1.807, 2.05) is 0 Å². The Kier molecular flexibility index (Phi) is 4.56. The highest BCUT2D eigenvalue weighted by Gasteiger charge is 1.96. The van der Waals surface area contributed by atoms with Crippen LogP contribution in [0, 0.1) is 0 Å². The van der Waals surface area contributed by atoms with E-state index in [1.54, 1.807) is 22.7 Å². The topological polar surface area (TPSA) is 0 Å². The van der Waals surface area contributed by atoms with Crippen LogP contribution in [0.2, 0.25) is 0 Å². The molecule has 0 atom stereocenters. The Morgan fingerprint density at radius 1 is 0.750 bits per heavy atom. The van der Waals surface area contributed by atoms with E-state index in [0.717, 1.165) is 4.47 Å². The van der Waals surface area contributed by atoms with Crippen molar-refractivity contribution < 1.29 is 0 Å². The predicted molar refractivity (Wildman–Crippen MR) is 99.1 cm³/mol. The monoisotopic (exact) mass is 424 g/mol. The quantitative estimate of drug-likeness (QED) is 0.276. The van der Waals surface area contributed by atoms with Crippen LogP contribution in [0.1, 0.15) is 0 Å². The largest absolute Gasteiger partial charge is 0.144 e. The van der Waals surface area contributed by atoms with Crippen LogP contribution in [0.5, 0.6) is 0 Å². The van der Waals surface area contributed by atoms with Crippen LogP contribution in [-0.4, -0.2) is 0 Å². The summed E-state index contributed by atoms with van der Waals surface area (Å²) in [5.41, 5.74) is 0. The van der Waals surface area contributed by atoms with E-state index in [1.165, 1.54) is 24.6 Å². The average molecular weight is 426 g/mol. The summed E-state index contributed by atoms with van der Waals surface area (Å²) in [5, 5.41) is 6.85. The van der Waals surface area contributed by atoms with E-state index < -0.39 is 0 Å². The first-order valence-corrected chi connectivity index (χ1v) is 9.33. The molecule has 0 saturated heterocycles. The van der Waals surface area contributed by atoms with Crippen molar-refractivity contribution in [2.75, 3.05) is 0 Å². The summed E-state index contributed by atoms with van der Waals surface area (Å²) in [5.74, 6) is 0. The van der Waals surface area contributed by atoms with Gasteiger partial charge in [0.1, 0.15) is 0 Å². The highest BCUT2D eigenvalue weighted by Crippen LogP contribution is 2.27. The maximum absolute atomic E-state index is 3.48. The van der Waals surface area contributed by atoms with Crippen LogP contribution in [0.4, 0.5) is 0 Å². The molecule has 4 aromatic rings. The molecule has 0 radical (unpaired) electrons. The maximum Gasteiger partial charge on any atom is 0.0354 e. The highest BCUT2D eigenvalue weighted by atomic mass is 79.9. The van der Waals surface area contributed by atoms with Gasteiger partial charge in [0.15, 0.2) is 0 Å². The third-order valence-corrected chi connectivity index (χ3v) is 5.81. The number of hydrogen-bond donors (Lipinski definition) is 0. The molecule has 0 saturated carbocycles. The molecule has 0 N–H and O–H groups in total. The minimum absolute atomic E-state index is 1.16. The first-order chi connectivity index (χ1) is 9.74. The van der Waals surface area contributed by atoms with Gasteiger partial charge in [0.25, 0.3) is 0 Å². The lowest BCUT2D eigenvalue weighted by atomic mass is 10.3. The maximum atomic E-state index is 3.48. The van der Waals surface area contributed by atoms with Crippen molar-refractivity contribution in [2.45, 2.75) is 0 Å². The lowest BCUT2D eigenvalue weighted by Crippen LogP contribution is -1.62. The van der Waals surface area contributed by atoms with Gasteiger partial charge in [-0.25, -0.2) is 0 Å². The minimum Gasteiger partial charge on any atom is -0.144 e. The number of fused-ring (bicyclic) bond motifs is 2. The smallest absolute Gasteiger partial charge is 0.0354 e. The second-order valence-electron chi connectivity index (χ2n) is 4.17. The molecule has 0 nitrogen and oxygen atoms in total. The van der Waals surface area contributed by atoms with Gasteiger partial charge in [-0.3, -0.25) is 0 Å². The molecule has 20 heavy (non-hydrogen) atoms. The summed E-state index contributed by atoms with van der Waals surface area (Å²) in [4.78, 5) is 0. The molecular weight excluding hydrogens is 416 g/mol. The summed E-state index contributed by atoms with van der Waals surface area (Å²) in [6.45, 7) is 0. The molecule has 0 aliphatic heterocycles. The molecule has 100 valence electrons. The van der Waals surface area contributed by atoms with E-state index >= 15 is 0 Å². The fraction of sp³-hybridized carbons (Fsp3) is 0. The first-order valence-electron chi connectivity index (χ1n) is 5.98. The molecule has 2 aromatic heterocycles. The molecule has 0 fully saturated rings. The Morgan fingerprint density at radius 3 is 2.40 bits per heavy atom. The van der Waals surface area contributed by atoms with Crippen molar-refractivity contribution in [3.63, 3.8) is 0 Å². The molecule has 2 heterocycles. The van der Waals surface area contributed by atoms with Crippen molar-refractivity contribution in [3.8, 4) is 0 Å². The molecule has 0 aliphatic rings. The van der Waals surface area contributed by atoms with E-state index in [9.17, 15) is 0 Å². The number of thiophene rings is 2. The van der Waals surface area contributed by atoms with E-state index in [4.69, 9.17) is 0 Å². The van der Waals surface area contributed by atoms with Gasteiger partial charge in [-0.15, -0.1) is 22.7 Å². The summed E-state index contributed by atoms with van der Waals surface area (Å²) >= 11 is 10.4. The Hall–Kier alpha value is -0.680. The predicted octanol–water partition coefficient (Wildman–Crippen LogP) is 7.33. The molecule has 4 rings (SSSR count). The van der Waals surface area contributed by atoms with Gasteiger partial charge in [0.05, 0.1) is 0 Å². The fourth-order valence-electron chi connectivity index (χ4n) is 1.89. The van der Waals surface area contributed by atoms with Gasteiger partial charge in [-0.1, -0.05) is 44.0 Å². The third kappa shape index (κ3) is 3.14. The van der Waals surface area contributed by atoms with Gasteiger partial charge in [-0.2, -0.15) is 0 Å². The minimum atomic E-state index is 1.16. The van der Waals surface area contributed by atoms with Crippen molar-refractivity contribution in [3.05, 3.63) is 68.2 Å². The molecule has 0 bridgehead atoms. The van der Waals surface area contributed by atoms with Crippen LogP contribution >= 0.6 is 54.5 Å². The Morgan fingerprint density at radius 2 is 1.55 bits per heavy atom. The van der Waals surface area contributed by atoms with Crippen molar-refractivity contribution in [2.24, 2.45) is 0 Å². The first kappa shape index (κ1) is 14.3. The number of benzene rings is 2. The number of rotatable bonds is 0. The molecule has 4 heteroatoms. The molecule has 0 amide bonds. The Bertz CT molecular complexity index is 845. The van der Waals surface area contributed by atoms with Crippen LogP contribution in [0.25, 0.3) is 20.2 Å². The van der Waals surface area contributed by atoms with Crippen LogP contribution in [0.15, 0.2) is 68.2 Å². The second kappa shape index (κ2) is 6.39. The molecule has 0 aliphatic carbocycles. The highest BCUT2D eigenvalue weighted by molar-refractivity contribution is 9.11. The van der Waals surface area contributed by atoms with Gasteiger partial charge in [0.2, 0.25) is 0 Å². The average Bonchev–Trinajstić information content (AvgIpc) is 3.07. The van der Waals surface area contributed by atoms with Gasteiger partial charge in [-0.05, 0) is 52.5 Å². The zero-order valence-electron chi connectivity index (χ0n) is 10.3. The fourth-order valence-corrected chi connectivity index (χ4v) is 4.67. The zero-order chi connectivity index (χ0) is 13.9. The lowest BCUT2D eigenvalue weighted by Gasteiger charge is -1.89. The van der Waals surface area contributed by atoms with E-state index in [0.29, 0.717) is 0 Å². The van der Waals surface area contributed by atoms with Crippen molar-refractivity contribution in [1.29, 1.82) is 0 Å². The molecule has 0 unspecified atom stereocenters. The number of hydrogen-bond acceptors (Lipinski definition) is 2. The third-order valence-electron chi connectivity index (χ3n) is 2.86. The van der Waals surface area contributed by atoms with Gasteiger partial charge < -0.3 is 0 Å². The number of halogens is 2. The van der Waals surface area contributed by atoms with Crippen LogP contribution in [0.3, 0.4) is 0 Å². The SMILES string of the molecule is Brc1ccc2ccsc2c1.Brc1cccc2sccc12. The summed E-state index contributed by atoms with van der Waals surface area (Å²) in [6, 6.07) is 16.8. The van der Waals surface area contributed by atoms with Gasteiger partial charge >= 0.3 is 0 Å². The Labute approximate surface area is 142 Å². The molecular formula is C16H10Br2S2. The summed E-state index contributed by atoms with van der Waals surface area (Å²) in [6.07, 6.45) is 0. The lowest BCUT2D eigenvalue weighted by molar-refractivity contribution is 1.77. The van der Waals surface area contributed by atoms with E-state index in [2.05, 4.69) is 91.2 Å². The van der Waals surface area contributed by atoms with Crippen LogP contribution < -0.4 is 0 Å². The summed E-state index contributed by atoms with van der Waals surface area (Å²) < 4.78 is 5.03. The Balaban J connectivity index is 0.000000121. The van der Waals surface area contributed by atoms with Crippen molar-refractivity contribution in [1.82, 2.24) is 0 Å². The van der Waals surface area contributed by atoms with Gasteiger partial charge in [0, 0.05) is 23.7 Å². The molecule has 0 spiro atoms. The van der Waals surface area contributed by atoms with E-state index in [-0.39, 0.29) is 0 Å². The zero-order valence-corrected chi connectivity index (χ0v) is 15.2. The van der Waals surface area contributed by atoms with Crippen molar-refractivity contribution >= 4 is 74.7 Å². The normalized spacial score (nSPS) is 10.5. The van der Waals surface area contributed by atoms with Crippen LogP contribution in [-0.2, 0) is 0 Å². The standard InChI is InChI=1S/2C8H5BrS/c9-7-2-1-6-3-4-10-8(6)5-7;9-7-2-1-3-8-6(7)4-5-10-8/h2*1-5H. The second-order valence-corrected chi connectivity index (χ2v) is 7.84. The summed E-state index contributed by atoms with van der Waals surface area (Å²) in [7, 11) is 0. The molecule has 2 aromatic carbocycles.